The summed E-state index contributed by atoms with van der Waals surface area (Å²) in [6.45, 7) is 8.01. The van der Waals surface area contributed by atoms with Crippen LogP contribution in [0.15, 0.2) is 5.38 Å². The number of rotatable bonds is 5. The van der Waals surface area contributed by atoms with Gasteiger partial charge in [0.15, 0.2) is 0 Å². The number of nitrogens with zero attached hydrogens (tertiary/aromatic N) is 3. The van der Waals surface area contributed by atoms with Crippen LogP contribution in [0.25, 0.3) is 0 Å². The minimum atomic E-state index is -0.733. The number of thiazole rings is 1. The minimum absolute atomic E-state index is 0.0788. The van der Waals surface area contributed by atoms with Crippen LogP contribution in [-0.4, -0.2) is 51.4 Å². The summed E-state index contributed by atoms with van der Waals surface area (Å²) in [5, 5.41) is 6.21. The fourth-order valence-electron chi connectivity index (χ4n) is 3.39. The number of aryl methyl sites for hydroxylation is 1. The third kappa shape index (κ3) is 2.99. The molecule has 0 aromatic carbocycles. The van der Waals surface area contributed by atoms with E-state index in [0.29, 0.717) is 13.0 Å². The summed E-state index contributed by atoms with van der Waals surface area (Å²) in [5.74, 6) is -0.0788. The summed E-state index contributed by atoms with van der Waals surface area (Å²) in [7, 11) is 0. The molecule has 2 saturated heterocycles. The number of nitrogens with one attached hydrogen (secondary N) is 1. The zero-order chi connectivity index (χ0) is 16.6. The lowest BCUT2D eigenvalue weighted by atomic mass is 9.98. The van der Waals surface area contributed by atoms with Crippen molar-refractivity contribution < 1.29 is 9.59 Å². The summed E-state index contributed by atoms with van der Waals surface area (Å²) in [6.07, 6.45) is 2.80. The highest BCUT2D eigenvalue weighted by Gasteiger charge is 2.55. The summed E-state index contributed by atoms with van der Waals surface area (Å²) in [5.41, 5.74) is 0.330. The first kappa shape index (κ1) is 16.4. The number of aromatic nitrogens is 1. The quantitative estimate of drug-likeness (QED) is 0.835. The lowest BCUT2D eigenvalue weighted by Gasteiger charge is -2.23. The monoisotopic (exact) mass is 336 g/mol. The minimum Gasteiger partial charge on any atom is -0.322 e. The van der Waals surface area contributed by atoms with Crippen LogP contribution in [0.3, 0.4) is 0 Å². The summed E-state index contributed by atoms with van der Waals surface area (Å²) in [6, 6.07) is -0.364. The zero-order valence-corrected chi connectivity index (χ0v) is 14.8. The third-order valence-corrected chi connectivity index (χ3v) is 5.46. The Morgan fingerprint density at radius 1 is 1.43 bits per heavy atom. The van der Waals surface area contributed by atoms with E-state index < -0.39 is 5.54 Å². The predicted molar refractivity (Wildman–Crippen MR) is 89.2 cm³/mol. The Balaban J connectivity index is 1.66. The molecule has 3 amide bonds. The van der Waals surface area contributed by atoms with Crippen LogP contribution in [0.2, 0.25) is 0 Å². The van der Waals surface area contributed by atoms with Gasteiger partial charge in [-0.25, -0.2) is 9.78 Å². The number of carbonyl (C=O) groups is 2. The first-order valence-corrected chi connectivity index (χ1v) is 9.14. The molecule has 7 heteroatoms. The zero-order valence-electron chi connectivity index (χ0n) is 14.0. The highest BCUT2D eigenvalue weighted by Crippen LogP contribution is 2.30. The maximum atomic E-state index is 12.7. The molecule has 126 valence electrons. The topological polar surface area (TPSA) is 65.5 Å². The highest BCUT2D eigenvalue weighted by molar-refractivity contribution is 7.09. The van der Waals surface area contributed by atoms with Crippen molar-refractivity contribution in [2.45, 2.75) is 58.2 Å². The molecule has 2 fully saturated rings. The van der Waals surface area contributed by atoms with Crippen LogP contribution in [0.4, 0.5) is 4.79 Å². The Kier molecular flexibility index (Phi) is 4.42. The molecule has 1 N–H and O–H groups in total. The number of carbonyl (C=O) groups excluding carboxylic acids is 2. The van der Waals surface area contributed by atoms with E-state index in [1.165, 1.54) is 9.91 Å². The molecule has 6 nitrogen and oxygen atoms in total. The summed E-state index contributed by atoms with van der Waals surface area (Å²) in [4.78, 5) is 33.0. The molecule has 0 unspecified atom stereocenters. The van der Waals surface area contributed by atoms with E-state index in [4.69, 9.17) is 0 Å². The Morgan fingerprint density at radius 2 is 2.22 bits per heavy atom. The number of imide groups is 1. The van der Waals surface area contributed by atoms with Crippen molar-refractivity contribution in [3.05, 3.63) is 16.1 Å². The lowest BCUT2D eigenvalue weighted by molar-refractivity contribution is -0.132. The highest BCUT2D eigenvalue weighted by atomic mass is 32.1. The molecule has 3 rings (SSSR count). The molecule has 0 radical (unpaired) electrons. The number of hydrogen-bond donors (Lipinski definition) is 1. The molecular weight excluding hydrogens is 312 g/mol. The van der Waals surface area contributed by atoms with E-state index in [0.717, 1.165) is 31.6 Å². The number of likely N-dealkylation sites (tertiary alicyclic amines) is 1. The molecule has 0 bridgehead atoms. The van der Waals surface area contributed by atoms with Crippen LogP contribution < -0.4 is 5.32 Å². The third-order valence-electron chi connectivity index (χ3n) is 4.51. The second-order valence-corrected chi connectivity index (χ2v) is 7.67. The van der Waals surface area contributed by atoms with Gasteiger partial charge in [0, 0.05) is 31.1 Å². The maximum absolute atomic E-state index is 12.7. The number of amides is 3. The van der Waals surface area contributed by atoms with E-state index in [-0.39, 0.29) is 18.0 Å². The van der Waals surface area contributed by atoms with Crippen LogP contribution in [0, 0.1) is 0 Å². The molecule has 23 heavy (non-hydrogen) atoms. The van der Waals surface area contributed by atoms with E-state index in [2.05, 4.69) is 27.5 Å². The second kappa shape index (κ2) is 6.20. The van der Waals surface area contributed by atoms with Gasteiger partial charge in [-0.3, -0.25) is 14.6 Å². The molecule has 0 saturated carbocycles. The largest absolute Gasteiger partial charge is 0.325 e. The Morgan fingerprint density at radius 3 is 2.87 bits per heavy atom. The maximum Gasteiger partial charge on any atom is 0.325 e. The molecule has 3 heterocycles. The van der Waals surface area contributed by atoms with Gasteiger partial charge in [0.1, 0.15) is 5.54 Å². The Hall–Kier alpha value is -1.47. The van der Waals surface area contributed by atoms with Gasteiger partial charge in [0.25, 0.3) is 5.91 Å². The molecule has 1 atom stereocenters. The first-order chi connectivity index (χ1) is 10.9. The van der Waals surface area contributed by atoms with Crippen molar-refractivity contribution in [1.29, 1.82) is 0 Å². The van der Waals surface area contributed by atoms with Crippen LogP contribution in [-0.2, 0) is 17.8 Å². The van der Waals surface area contributed by atoms with Crippen molar-refractivity contribution in [3.63, 3.8) is 0 Å². The fraction of sp³-hybridized carbons (Fsp3) is 0.688. The average molecular weight is 336 g/mol. The molecule has 1 spiro atoms. The number of hydrogen-bond acceptors (Lipinski definition) is 5. The van der Waals surface area contributed by atoms with Gasteiger partial charge in [-0.2, -0.15) is 0 Å². The van der Waals surface area contributed by atoms with E-state index >= 15 is 0 Å². The molecule has 2 aliphatic rings. The molecule has 1 aromatic heterocycles. The van der Waals surface area contributed by atoms with Crippen molar-refractivity contribution in [2.75, 3.05) is 13.1 Å². The van der Waals surface area contributed by atoms with Crippen LogP contribution in [0.5, 0.6) is 0 Å². The van der Waals surface area contributed by atoms with Crippen molar-refractivity contribution >= 4 is 23.3 Å². The van der Waals surface area contributed by atoms with E-state index in [1.807, 2.05) is 13.8 Å². The van der Waals surface area contributed by atoms with Gasteiger partial charge < -0.3 is 5.32 Å². The summed E-state index contributed by atoms with van der Waals surface area (Å²) < 4.78 is 0. The molecule has 1 aromatic rings. The van der Waals surface area contributed by atoms with Gasteiger partial charge in [-0.05, 0) is 33.1 Å². The Labute approximate surface area is 140 Å². The lowest BCUT2D eigenvalue weighted by Crippen LogP contribution is -2.49. The fourth-order valence-corrected chi connectivity index (χ4v) is 4.28. The first-order valence-electron chi connectivity index (χ1n) is 8.26. The summed E-state index contributed by atoms with van der Waals surface area (Å²) >= 11 is 1.70. The standard InChI is InChI=1S/C16H24N4O2S/c1-4-5-13-17-12(9-23-13)8-19-7-6-16(10-19)14(21)20(11(2)3)15(22)18-16/h9,11H,4-8,10H2,1-3H3,(H,18,22)/t16-/m0/s1. The smallest absolute Gasteiger partial charge is 0.322 e. The average Bonchev–Trinajstić information content (AvgIpc) is 3.13. The SMILES string of the molecule is CCCc1nc(CN2CC[C@@]3(C2)NC(=O)N(C(C)C)C3=O)cs1. The number of urea groups is 1. The molecule has 0 aliphatic carbocycles. The van der Waals surface area contributed by atoms with Gasteiger partial charge in [-0.1, -0.05) is 6.92 Å². The molecular formula is C16H24N4O2S. The van der Waals surface area contributed by atoms with Gasteiger partial charge in [0.2, 0.25) is 0 Å². The van der Waals surface area contributed by atoms with E-state index in [9.17, 15) is 9.59 Å². The van der Waals surface area contributed by atoms with Crippen molar-refractivity contribution in [1.82, 2.24) is 20.1 Å². The van der Waals surface area contributed by atoms with Gasteiger partial charge >= 0.3 is 6.03 Å². The second-order valence-electron chi connectivity index (χ2n) is 6.72. The van der Waals surface area contributed by atoms with E-state index in [1.54, 1.807) is 11.3 Å². The molecule has 2 aliphatic heterocycles. The van der Waals surface area contributed by atoms with Crippen molar-refractivity contribution in [3.8, 4) is 0 Å². The Bertz CT molecular complexity index is 615. The van der Waals surface area contributed by atoms with Crippen LogP contribution in [0.1, 0.15) is 44.3 Å². The predicted octanol–water partition coefficient (Wildman–Crippen LogP) is 2.00. The van der Waals surface area contributed by atoms with Crippen molar-refractivity contribution in [2.24, 2.45) is 0 Å². The van der Waals surface area contributed by atoms with Crippen LogP contribution >= 0.6 is 11.3 Å². The van der Waals surface area contributed by atoms with Gasteiger partial charge in [-0.15, -0.1) is 11.3 Å². The van der Waals surface area contributed by atoms with Gasteiger partial charge in [0.05, 0.1) is 10.7 Å². The normalized spacial score (nSPS) is 25.1.